The average molecular weight is 316 g/mol. The highest BCUT2D eigenvalue weighted by atomic mass is 32.1. The zero-order valence-corrected chi connectivity index (χ0v) is 12.1. The lowest BCUT2D eigenvalue weighted by molar-refractivity contribution is 0.0624. The van der Waals surface area contributed by atoms with E-state index in [1.54, 1.807) is 6.07 Å². The Morgan fingerprint density at radius 2 is 2.33 bits per heavy atom. The summed E-state index contributed by atoms with van der Waals surface area (Å²) in [6, 6.07) is 1.65. The summed E-state index contributed by atoms with van der Waals surface area (Å²) in [6.45, 7) is -0.928. The second kappa shape index (κ2) is 6.66. The molecule has 0 aliphatic rings. The van der Waals surface area contributed by atoms with Crippen LogP contribution in [0.15, 0.2) is 18.5 Å². The summed E-state index contributed by atoms with van der Waals surface area (Å²) in [5.74, 6) is -0.848. The predicted octanol–water partition coefficient (Wildman–Crippen LogP) is 3.57. The highest BCUT2D eigenvalue weighted by molar-refractivity contribution is 7.14. The number of imidazole rings is 1. The first-order chi connectivity index (χ1) is 10.0. The molecule has 0 aromatic carbocycles. The number of carboxylic acids is 1. The standard InChI is InChI=1S/C13H14F2N2O3S/c1-2-3-8-6-9(11(21-8)12(18)19)20-7-10-16-4-5-17(10)13(14)15/h4-6,13H,2-3,7H2,1H3,(H,18,19). The Bertz CT molecular complexity index is 625. The Morgan fingerprint density at radius 3 is 2.95 bits per heavy atom. The van der Waals surface area contributed by atoms with Gasteiger partial charge >= 0.3 is 12.5 Å². The van der Waals surface area contributed by atoms with Crippen molar-refractivity contribution in [3.63, 3.8) is 0 Å². The lowest BCUT2D eigenvalue weighted by Crippen LogP contribution is -2.08. The number of hydrogen-bond donors (Lipinski definition) is 1. The largest absolute Gasteiger partial charge is 0.484 e. The van der Waals surface area contributed by atoms with Crippen LogP contribution in [0.4, 0.5) is 8.78 Å². The van der Waals surface area contributed by atoms with E-state index in [9.17, 15) is 13.6 Å². The molecule has 0 atom stereocenters. The molecule has 114 valence electrons. The van der Waals surface area contributed by atoms with Gasteiger partial charge < -0.3 is 9.84 Å². The normalized spacial score (nSPS) is 11.0. The van der Waals surface area contributed by atoms with Crippen LogP contribution < -0.4 is 4.74 Å². The second-order valence-electron chi connectivity index (χ2n) is 4.28. The molecule has 0 saturated heterocycles. The van der Waals surface area contributed by atoms with Crippen LogP contribution in [-0.2, 0) is 13.0 Å². The van der Waals surface area contributed by atoms with Crippen LogP contribution in [0.1, 0.15) is 40.3 Å². The molecule has 0 bridgehead atoms. The van der Waals surface area contributed by atoms with E-state index in [1.807, 2.05) is 6.92 Å². The third-order valence-electron chi connectivity index (χ3n) is 2.76. The van der Waals surface area contributed by atoms with E-state index in [4.69, 9.17) is 9.84 Å². The maximum Gasteiger partial charge on any atom is 0.349 e. The molecule has 2 rings (SSSR count). The molecule has 0 spiro atoms. The van der Waals surface area contributed by atoms with Crippen LogP contribution in [0.25, 0.3) is 0 Å². The highest BCUT2D eigenvalue weighted by Crippen LogP contribution is 2.31. The van der Waals surface area contributed by atoms with Gasteiger partial charge in [-0.15, -0.1) is 11.3 Å². The average Bonchev–Trinajstić information content (AvgIpc) is 3.02. The molecular weight excluding hydrogens is 302 g/mol. The number of halogens is 2. The van der Waals surface area contributed by atoms with Gasteiger partial charge in [0.25, 0.3) is 0 Å². The minimum absolute atomic E-state index is 0.0459. The molecule has 2 aromatic heterocycles. The molecule has 5 nitrogen and oxygen atoms in total. The van der Waals surface area contributed by atoms with Gasteiger partial charge in [0.15, 0.2) is 10.7 Å². The van der Waals surface area contributed by atoms with Gasteiger partial charge in [-0.2, -0.15) is 8.78 Å². The zero-order chi connectivity index (χ0) is 15.4. The number of aryl methyl sites for hydroxylation is 1. The summed E-state index contributed by atoms with van der Waals surface area (Å²) in [4.78, 5) is 15.9. The first-order valence-corrected chi connectivity index (χ1v) is 7.13. The van der Waals surface area contributed by atoms with E-state index in [0.29, 0.717) is 4.57 Å². The van der Waals surface area contributed by atoms with E-state index in [-0.39, 0.29) is 23.1 Å². The van der Waals surface area contributed by atoms with Gasteiger partial charge in [0.05, 0.1) is 0 Å². The number of hydrogen-bond acceptors (Lipinski definition) is 4. The number of rotatable bonds is 7. The van der Waals surface area contributed by atoms with Gasteiger partial charge in [0.1, 0.15) is 12.4 Å². The zero-order valence-electron chi connectivity index (χ0n) is 11.3. The molecule has 8 heteroatoms. The van der Waals surface area contributed by atoms with Crippen molar-refractivity contribution in [2.24, 2.45) is 0 Å². The molecule has 2 aromatic rings. The minimum Gasteiger partial charge on any atom is -0.484 e. The number of alkyl halides is 2. The summed E-state index contributed by atoms with van der Waals surface area (Å²) < 4.78 is 31.4. The quantitative estimate of drug-likeness (QED) is 0.848. The smallest absolute Gasteiger partial charge is 0.349 e. The van der Waals surface area contributed by atoms with Gasteiger partial charge in [-0.05, 0) is 12.5 Å². The lowest BCUT2D eigenvalue weighted by Gasteiger charge is -2.07. The third kappa shape index (κ3) is 3.57. The molecular formula is C13H14F2N2O3S. The van der Waals surface area contributed by atoms with Gasteiger partial charge in [-0.3, -0.25) is 4.57 Å². The molecule has 0 aliphatic carbocycles. The first kappa shape index (κ1) is 15.4. The van der Waals surface area contributed by atoms with Crippen molar-refractivity contribution < 1.29 is 23.4 Å². The Balaban J connectivity index is 2.15. The molecule has 2 heterocycles. The van der Waals surface area contributed by atoms with Crippen LogP contribution in [0.3, 0.4) is 0 Å². The Hall–Kier alpha value is -1.96. The van der Waals surface area contributed by atoms with E-state index in [1.165, 1.54) is 6.20 Å². The van der Waals surface area contributed by atoms with Gasteiger partial charge in [0, 0.05) is 17.3 Å². The SMILES string of the molecule is CCCc1cc(OCc2nccn2C(F)F)c(C(=O)O)s1. The molecule has 0 radical (unpaired) electrons. The second-order valence-corrected chi connectivity index (χ2v) is 5.42. The van der Waals surface area contributed by atoms with Crippen molar-refractivity contribution in [2.45, 2.75) is 32.9 Å². The van der Waals surface area contributed by atoms with Crippen LogP contribution >= 0.6 is 11.3 Å². The number of carboxylic acid groups (broad SMARTS) is 1. The van der Waals surface area contributed by atoms with E-state index in [2.05, 4.69) is 4.98 Å². The van der Waals surface area contributed by atoms with Crippen molar-refractivity contribution in [3.8, 4) is 5.75 Å². The number of nitrogens with zero attached hydrogens (tertiary/aromatic N) is 2. The molecule has 21 heavy (non-hydrogen) atoms. The molecule has 0 fully saturated rings. The molecule has 1 N–H and O–H groups in total. The summed E-state index contributed by atoms with van der Waals surface area (Å²) in [5.41, 5.74) is 0. The van der Waals surface area contributed by atoms with E-state index < -0.39 is 12.5 Å². The fourth-order valence-electron chi connectivity index (χ4n) is 1.82. The van der Waals surface area contributed by atoms with Crippen LogP contribution in [0.5, 0.6) is 5.75 Å². The number of carbonyl (C=O) groups is 1. The molecule has 0 aliphatic heterocycles. The lowest BCUT2D eigenvalue weighted by atomic mass is 10.3. The summed E-state index contributed by atoms with van der Waals surface area (Å²) >= 11 is 1.14. The predicted molar refractivity (Wildman–Crippen MR) is 73.1 cm³/mol. The van der Waals surface area contributed by atoms with Crippen molar-refractivity contribution >= 4 is 17.3 Å². The summed E-state index contributed by atoms with van der Waals surface area (Å²) in [5, 5.41) is 9.14. The number of ether oxygens (including phenoxy) is 1. The van der Waals surface area contributed by atoms with Crippen molar-refractivity contribution in [2.75, 3.05) is 0 Å². The van der Waals surface area contributed by atoms with Gasteiger partial charge in [0.2, 0.25) is 0 Å². The maximum atomic E-state index is 12.7. The van der Waals surface area contributed by atoms with E-state index in [0.717, 1.165) is 35.3 Å². The molecule has 0 amide bonds. The fraction of sp³-hybridized carbons (Fsp3) is 0.385. The number of thiophene rings is 1. The topological polar surface area (TPSA) is 64.4 Å². The highest BCUT2D eigenvalue weighted by Gasteiger charge is 2.18. The van der Waals surface area contributed by atoms with E-state index >= 15 is 0 Å². The van der Waals surface area contributed by atoms with Crippen molar-refractivity contribution in [1.29, 1.82) is 0 Å². The summed E-state index contributed by atoms with van der Waals surface area (Å²) in [6.07, 6.45) is 4.03. The maximum absolute atomic E-state index is 12.7. The Labute approximate surface area is 123 Å². The first-order valence-electron chi connectivity index (χ1n) is 6.31. The monoisotopic (exact) mass is 316 g/mol. The fourth-order valence-corrected chi connectivity index (χ4v) is 2.86. The van der Waals surface area contributed by atoms with Crippen molar-refractivity contribution in [1.82, 2.24) is 9.55 Å². The third-order valence-corrected chi connectivity index (χ3v) is 3.92. The minimum atomic E-state index is -2.71. The number of aromatic carboxylic acids is 1. The van der Waals surface area contributed by atoms with Gasteiger partial charge in [-0.25, -0.2) is 9.78 Å². The Kier molecular flexibility index (Phi) is 4.89. The number of aromatic nitrogens is 2. The van der Waals surface area contributed by atoms with Crippen LogP contribution in [-0.4, -0.2) is 20.6 Å². The van der Waals surface area contributed by atoms with Crippen LogP contribution in [0.2, 0.25) is 0 Å². The van der Waals surface area contributed by atoms with Crippen LogP contribution in [0, 0.1) is 0 Å². The molecule has 0 saturated carbocycles. The Morgan fingerprint density at radius 1 is 1.57 bits per heavy atom. The van der Waals surface area contributed by atoms with Gasteiger partial charge in [-0.1, -0.05) is 13.3 Å². The van der Waals surface area contributed by atoms with Crippen molar-refractivity contribution in [3.05, 3.63) is 34.0 Å². The molecule has 0 unspecified atom stereocenters. The summed E-state index contributed by atoms with van der Waals surface area (Å²) in [7, 11) is 0.